The van der Waals surface area contributed by atoms with Crippen molar-refractivity contribution in [2.75, 3.05) is 6.54 Å². The zero-order valence-corrected chi connectivity index (χ0v) is 9.85. The van der Waals surface area contributed by atoms with Gasteiger partial charge in [-0.25, -0.2) is 0 Å². The second kappa shape index (κ2) is 4.71. The number of nitrogens with two attached hydrogens (primary N) is 1. The predicted molar refractivity (Wildman–Crippen MR) is 64.8 cm³/mol. The highest BCUT2D eigenvalue weighted by molar-refractivity contribution is 5.94. The number of pyridine rings is 1. The van der Waals surface area contributed by atoms with E-state index < -0.39 is 0 Å². The average Bonchev–Trinajstić information content (AvgIpc) is 2.29. The molecule has 1 aromatic rings. The Morgan fingerprint density at radius 3 is 2.88 bits per heavy atom. The van der Waals surface area contributed by atoms with Crippen molar-refractivity contribution in [2.45, 2.75) is 31.8 Å². The molecule has 5 nitrogen and oxygen atoms in total. The lowest BCUT2D eigenvalue weighted by Crippen LogP contribution is -2.48. The number of amides is 1. The third kappa shape index (κ3) is 2.55. The van der Waals surface area contributed by atoms with Gasteiger partial charge < -0.3 is 15.6 Å². The first-order chi connectivity index (χ1) is 8.08. The van der Waals surface area contributed by atoms with Crippen LogP contribution < -0.4 is 11.3 Å². The molecular formula is C12H17N3O2. The maximum Gasteiger partial charge on any atom is 0.255 e. The molecule has 0 aromatic carbocycles. The van der Waals surface area contributed by atoms with Gasteiger partial charge in [0.05, 0.1) is 5.56 Å². The number of hydrogen-bond donors (Lipinski definition) is 2. The van der Waals surface area contributed by atoms with Crippen LogP contribution in [0.4, 0.5) is 0 Å². The zero-order valence-electron chi connectivity index (χ0n) is 9.85. The molecule has 3 N–H and O–H groups in total. The first-order valence-electron chi connectivity index (χ1n) is 5.83. The van der Waals surface area contributed by atoms with Gasteiger partial charge in [0.15, 0.2) is 0 Å². The second-order valence-corrected chi connectivity index (χ2v) is 4.57. The van der Waals surface area contributed by atoms with E-state index in [0.29, 0.717) is 12.1 Å². The SMILES string of the molecule is CC1CC(N)CCN1C(=O)c1ccc(=O)[nH]c1. The average molecular weight is 235 g/mol. The number of carbonyl (C=O) groups is 1. The van der Waals surface area contributed by atoms with Gasteiger partial charge in [-0.2, -0.15) is 0 Å². The van der Waals surface area contributed by atoms with E-state index in [2.05, 4.69) is 4.98 Å². The van der Waals surface area contributed by atoms with Crippen LogP contribution in [-0.2, 0) is 0 Å². The summed E-state index contributed by atoms with van der Waals surface area (Å²) in [6.07, 6.45) is 3.13. The number of piperidine rings is 1. The van der Waals surface area contributed by atoms with Crippen molar-refractivity contribution >= 4 is 5.91 Å². The summed E-state index contributed by atoms with van der Waals surface area (Å²) in [5.74, 6) is -0.0411. The van der Waals surface area contributed by atoms with Crippen LogP contribution in [0.2, 0.25) is 0 Å². The molecule has 0 radical (unpaired) electrons. The first kappa shape index (κ1) is 11.9. The Morgan fingerprint density at radius 2 is 2.29 bits per heavy atom. The molecule has 0 bridgehead atoms. The van der Waals surface area contributed by atoms with E-state index in [9.17, 15) is 9.59 Å². The molecule has 0 aliphatic carbocycles. The van der Waals surface area contributed by atoms with Gasteiger partial charge >= 0.3 is 0 Å². The Labute approximate surface area is 99.6 Å². The summed E-state index contributed by atoms with van der Waals surface area (Å²) in [5, 5.41) is 0. The highest BCUT2D eigenvalue weighted by Gasteiger charge is 2.27. The van der Waals surface area contributed by atoms with Gasteiger partial charge in [-0.05, 0) is 25.8 Å². The summed E-state index contributed by atoms with van der Waals surface area (Å²) in [6.45, 7) is 2.68. The Bertz CT molecular complexity index is 449. The van der Waals surface area contributed by atoms with E-state index in [1.807, 2.05) is 11.8 Å². The number of hydrogen-bond acceptors (Lipinski definition) is 3. The quantitative estimate of drug-likeness (QED) is 0.736. The normalized spacial score (nSPS) is 24.7. The predicted octanol–water partition coefficient (Wildman–Crippen LogP) is 0.327. The van der Waals surface area contributed by atoms with Gasteiger partial charge in [0, 0.05) is 30.9 Å². The van der Waals surface area contributed by atoms with Crippen molar-refractivity contribution in [2.24, 2.45) is 5.73 Å². The minimum atomic E-state index is -0.199. The molecule has 1 fully saturated rings. The van der Waals surface area contributed by atoms with Crippen molar-refractivity contribution in [3.63, 3.8) is 0 Å². The van der Waals surface area contributed by atoms with Crippen LogP contribution in [0, 0.1) is 0 Å². The number of aromatic amines is 1. The van der Waals surface area contributed by atoms with Crippen molar-refractivity contribution in [1.29, 1.82) is 0 Å². The fraction of sp³-hybridized carbons (Fsp3) is 0.500. The van der Waals surface area contributed by atoms with Crippen LogP contribution >= 0.6 is 0 Å². The molecule has 1 saturated heterocycles. The molecule has 1 aliphatic rings. The van der Waals surface area contributed by atoms with E-state index in [1.54, 1.807) is 6.07 Å². The third-order valence-electron chi connectivity index (χ3n) is 3.21. The van der Waals surface area contributed by atoms with Crippen LogP contribution in [0.15, 0.2) is 23.1 Å². The maximum atomic E-state index is 12.2. The Balaban J connectivity index is 2.14. The molecule has 2 unspecified atom stereocenters. The number of likely N-dealkylation sites (tertiary alicyclic amines) is 1. The number of aromatic nitrogens is 1. The highest BCUT2D eigenvalue weighted by Crippen LogP contribution is 2.18. The summed E-state index contributed by atoms with van der Waals surface area (Å²) in [4.78, 5) is 27.5. The molecule has 2 atom stereocenters. The van der Waals surface area contributed by atoms with E-state index >= 15 is 0 Å². The van der Waals surface area contributed by atoms with Gasteiger partial charge in [0.1, 0.15) is 0 Å². The molecular weight excluding hydrogens is 218 g/mol. The number of H-pyrrole nitrogens is 1. The lowest BCUT2D eigenvalue weighted by Gasteiger charge is -2.36. The molecule has 17 heavy (non-hydrogen) atoms. The number of rotatable bonds is 1. The summed E-state index contributed by atoms with van der Waals surface area (Å²) >= 11 is 0. The standard InChI is InChI=1S/C12H17N3O2/c1-8-6-10(13)4-5-15(8)12(17)9-2-3-11(16)14-7-9/h2-3,7-8,10H,4-6,13H2,1H3,(H,14,16). The third-order valence-corrected chi connectivity index (χ3v) is 3.21. The summed E-state index contributed by atoms with van der Waals surface area (Å²) in [6, 6.07) is 3.26. The van der Waals surface area contributed by atoms with Crippen LogP contribution in [0.5, 0.6) is 0 Å². The molecule has 92 valence electrons. The molecule has 0 saturated carbocycles. The molecule has 1 aromatic heterocycles. The first-order valence-corrected chi connectivity index (χ1v) is 5.83. The molecule has 1 aliphatic heterocycles. The van der Waals surface area contributed by atoms with E-state index in [1.165, 1.54) is 12.3 Å². The highest BCUT2D eigenvalue weighted by atomic mass is 16.2. The number of carbonyl (C=O) groups excluding carboxylic acids is 1. The number of nitrogens with zero attached hydrogens (tertiary/aromatic N) is 1. The van der Waals surface area contributed by atoms with Gasteiger partial charge in [-0.1, -0.05) is 0 Å². The fourth-order valence-electron chi connectivity index (χ4n) is 2.22. The van der Waals surface area contributed by atoms with Crippen LogP contribution in [0.3, 0.4) is 0 Å². The fourth-order valence-corrected chi connectivity index (χ4v) is 2.22. The summed E-state index contributed by atoms with van der Waals surface area (Å²) in [5.41, 5.74) is 6.18. The lowest BCUT2D eigenvalue weighted by atomic mass is 9.98. The smallest absolute Gasteiger partial charge is 0.255 e. The lowest BCUT2D eigenvalue weighted by molar-refractivity contribution is 0.0618. The monoisotopic (exact) mass is 235 g/mol. The van der Waals surface area contributed by atoms with Crippen LogP contribution in [0.25, 0.3) is 0 Å². The van der Waals surface area contributed by atoms with E-state index in [4.69, 9.17) is 5.73 Å². The number of nitrogens with one attached hydrogen (secondary N) is 1. The van der Waals surface area contributed by atoms with Crippen molar-refractivity contribution < 1.29 is 4.79 Å². The van der Waals surface area contributed by atoms with Crippen molar-refractivity contribution in [1.82, 2.24) is 9.88 Å². The second-order valence-electron chi connectivity index (χ2n) is 4.57. The Morgan fingerprint density at radius 1 is 1.53 bits per heavy atom. The molecule has 5 heteroatoms. The zero-order chi connectivity index (χ0) is 12.4. The maximum absolute atomic E-state index is 12.2. The Hall–Kier alpha value is -1.62. The van der Waals surface area contributed by atoms with Gasteiger partial charge in [0.2, 0.25) is 5.56 Å². The van der Waals surface area contributed by atoms with Crippen molar-refractivity contribution in [3.05, 3.63) is 34.2 Å². The van der Waals surface area contributed by atoms with Crippen LogP contribution in [-0.4, -0.2) is 34.4 Å². The Kier molecular flexibility index (Phi) is 3.28. The van der Waals surface area contributed by atoms with Crippen molar-refractivity contribution in [3.8, 4) is 0 Å². The molecule has 2 rings (SSSR count). The summed E-state index contributed by atoms with van der Waals surface area (Å²) in [7, 11) is 0. The molecule has 0 spiro atoms. The minimum Gasteiger partial charge on any atom is -0.336 e. The van der Waals surface area contributed by atoms with Crippen LogP contribution in [0.1, 0.15) is 30.1 Å². The minimum absolute atomic E-state index is 0.0411. The summed E-state index contributed by atoms with van der Waals surface area (Å²) < 4.78 is 0. The van der Waals surface area contributed by atoms with Gasteiger partial charge in [0.25, 0.3) is 5.91 Å². The topological polar surface area (TPSA) is 79.2 Å². The van der Waals surface area contributed by atoms with Gasteiger partial charge in [-0.3, -0.25) is 9.59 Å². The van der Waals surface area contributed by atoms with E-state index in [0.717, 1.165) is 12.8 Å². The largest absolute Gasteiger partial charge is 0.336 e. The molecule has 2 heterocycles. The van der Waals surface area contributed by atoms with E-state index in [-0.39, 0.29) is 23.6 Å². The molecule has 1 amide bonds. The van der Waals surface area contributed by atoms with Gasteiger partial charge in [-0.15, -0.1) is 0 Å².